The molecular weight excluding hydrogens is 198 g/mol. The van der Waals surface area contributed by atoms with E-state index in [1.54, 1.807) is 11.8 Å². The fourth-order valence-electron chi connectivity index (χ4n) is 1.33. The Kier molecular flexibility index (Phi) is 7.99. The number of rotatable bonds is 8. The number of carbonyl (C=O) groups is 1. The van der Waals surface area contributed by atoms with E-state index in [0.29, 0.717) is 0 Å². The van der Waals surface area contributed by atoms with Crippen LogP contribution in [0.4, 0.5) is 0 Å². The van der Waals surface area contributed by atoms with Crippen LogP contribution in [0.2, 0.25) is 0 Å². The number of thioether (sulfide) groups is 1. The summed E-state index contributed by atoms with van der Waals surface area (Å²) in [6.07, 6.45) is 4.77. The zero-order valence-corrected chi connectivity index (χ0v) is 10.1. The van der Waals surface area contributed by atoms with Crippen LogP contribution >= 0.6 is 11.8 Å². The summed E-state index contributed by atoms with van der Waals surface area (Å²) in [6, 6.07) is -0.111. The van der Waals surface area contributed by atoms with Crippen molar-refractivity contribution in [3.8, 4) is 0 Å². The van der Waals surface area contributed by atoms with Crippen molar-refractivity contribution in [2.24, 2.45) is 0 Å². The van der Waals surface area contributed by atoms with Crippen molar-refractivity contribution in [2.75, 3.05) is 12.0 Å². The predicted octanol–water partition coefficient (Wildman–Crippen LogP) is 1.97. The molecule has 0 aromatic carbocycles. The van der Waals surface area contributed by atoms with Gasteiger partial charge in [0.2, 0.25) is 0 Å². The first-order valence-electron chi connectivity index (χ1n) is 5.09. The van der Waals surface area contributed by atoms with E-state index in [1.165, 1.54) is 0 Å². The minimum atomic E-state index is -0.730. The third-order valence-electron chi connectivity index (χ3n) is 2.05. The molecule has 0 aromatic rings. The van der Waals surface area contributed by atoms with Crippen LogP contribution in [0.3, 0.4) is 0 Å². The molecule has 0 saturated carbocycles. The summed E-state index contributed by atoms with van der Waals surface area (Å²) in [7, 11) is 0. The van der Waals surface area contributed by atoms with Gasteiger partial charge in [0, 0.05) is 11.8 Å². The normalized spacial score (nSPS) is 15.1. The Morgan fingerprint density at radius 1 is 1.57 bits per heavy atom. The van der Waals surface area contributed by atoms with Crippen molar-refractivity contribution < 1.29 is 9.90 Å². The van der Waals surface area contributed by atoms with Crippen molar-refractivity contribution in [1.29, 1.82) is 0 Å². The molecular formula is C10H21NO2S. The van der Waals surface area contributed by atoms with Gasteiger partial charge in [0.15, 0.2) is 0 Å². The number of unbranched alkanes of at least 4 members (excludes halogenated alkanes) is 1. The fraction of sp³-hybridized carbons (Fsp3) is 0.900. The molecule has 0 saturated heterocycles. The molecule has 0 aromatic heterocycles. The van der Waals surface area contributed by atoms with Gasteiger partial charge in [-0.25, -0.2) is 0 Å². The first-order chi connectivity index (χ1) is 6.61. The van der Waals surface area contributed by atoms with Crippen LogP contribution in [0, 0.1) is 0 Å². The van der Waals surface area contributed by atoms with Crippen LogP contribution in [-0.4, -0.2) is 35.2 Å². The molecule has 0 heterocycles. The van der Waals surface area contributed by atoms with E-state index in [0.717, 1.165) is 25.0 Å². The van der Waals surface area contributed by atoms with Gasteiger partial charge >= 0.3 is 5.97 Å². The Hall–Kier alpha value is -0.220. The molecule has 4 heteroatoms. The van der Waals surface area contributed by atoms with Crippen molar-refractivity contribution in [1.82, 2.24) is 5.32 Å². The van der Waals surface area contributed by atoms with E-state index in [1.807, 2.05) is 13.2 Å². The summed E-state index contributed by atoms with van der Waals surface area (Å²) in [5.74, 6) is 0.224. The summed E-state index contributed by atoms with van der Waals surface area (Å²) in [5.41, 5.74) is 0. The maximum atomic E-state index is 10.9. The molecule has 2 unspecified atom stereocenters. The number of nitrogens with one attached hydrogen (secondary N) is 1. The number of hydrogen-bond donors (Lipinski definition) is 2. The molecule has 2 atom stereocenters. The highest BCUT2D eigenvalue weighted by Gasteiger charge is 2.18. The number of carboxylic acids is 1. The summed E-state index contributed by atoms with van der Waals surface area (Å²) in [5, 5.41) is 12.1. The highest BCUT2D eigenvalue weighted by atomic mass is 32.2. The second-order valence-electron chi connectivity index (χ2n) is 3.56. The van der Waals surface area contributed by atoms with Gasteiger partial charge in [-0.3, -0.25) is 4.79 Å². The standard InChI is InChI=1S/C10H21NO2S/c1-4-5-6-9(10(12)13)11-8(2)7-14-3/h8-9,11H,4-7H2,1-3H3,(H,12,13). The predicted molar refractivity (Wildman–Crippen MR) is 61.9 cm³/mol. The summed E-state index contributed by atoms with van der Waals surface area (Å²) < 4.78 is 0. The highest BCUT2D eigenvalue weighted by molar-refractivity contribution is 7.98. The van der Waals surface area contributed by atoms with E-state index >= 15 is 0 Å². The minimum Gasteiger partial charge on any atom is -0.480 e. The lowest BCUT2D eigenvalue weighted by Crippen LogP contribution is -2.43. The number of carboxylic acid groups (broad SMARTS) is 1. The quantitative estimate of drug-likeness (QED) is 0.655. The Morgan fingerprint density at radius 2 is 2.21 bits per heavy atom. The van der Waals surface area contributed by atoms with Gasteiger partial charge in [0.1, 0.15) is 6.04 Å². The van der Waals surface area contributed by atoms with Gasteiger partial charge in [0.05, 0.1) is 0 Å². The van der Waals surface area contributed by atoms with Gasteiger partial charge in [-0.15, -0.1) is 0 Å². The molecule has 0 amide bonds. The molecule has 0 aliphatic carbocycles. The summed E-state index contributed by atoms with van der Waals surface area (Å²) >= 11 is 1.73. The van der Waals surface area contributed by atoms with E-state index in [9.17, 15) is 4.79 Å². The number of hydrogen-bond acceptors (Lipinski definition) is 3. The molecule has 0 spiro atoms. The molecule has 0 radical (unpaired) electrons. The number of aliphatic carboxylic acids is 1. The molecule has 0 rings (SSSR count). The maximum Gasteiger partial charge on any atom is 0.320 e. The van der Waals surface area contributed by atoms with Crippen LogP contribution in [-0.2, 0) is 4.79 Å². The minimum absolute atomic E-state index is 0.267. The molecule has 2 N–H and O–H groups in total. The lowest BCUT2D eigenvalue weighted by molar-refractivity contribution is -0.139. The summed E-state index contributed by atoms with van der Waals surface area (Å²) in [4.78, 5) is 10.9. The lowest BCUT2D eigenvalue weighted by atomic mass is 10.1. The van der Waals surface area contributed by atoms with Gasteiger partial charge < -0.3 is 10.4 Å². The smallest absolute Gasteiger partial charge is 0.320 e. The van der Waals surface area contributed by atoms with Crippen LogP contribution < -0.4 is 5.32 Å². The van der Waals surface area contributed by atoms with E-state index in [-0.39, 0.29) is 12.1 Å². The van der Waals surface area contributed by atoms with Crippen LogP contribution in [0.15, 0.2) is 0 Å². The van der Waals surface area contributed by atoms with Gasteiger partial charge in [0.25, 0.3) is 0 Å². The van der Waals surface area contributed by atoms with Crippen molar-refractivity contribution >= 4 is 17.7 Å². The van der Waals surface area contributed by atoms with Gasteiger partial charge in [-0.1, -0.05) is 19.8 Å². The van der Waals surface area contributed by atoms with Crippen LogP contribution in [0.1, 0.15) is 33.1 Å². The maximum absolute atomic E-state index is 10.9. The molecule has 3 nitrogen and oxygen atoms in total. The molecule has 84 valence electrons. The zero-order chi connectivity index (χ0) is 11.0. The van der Waals surface area contributed by atoms with Crippen molar-refractivity contribution in [2.45, 2.75) is 45.2 Å². The van der Waals surface area contributed by atoms with Crippen LogP contribution in [0.5, 0.6) is 0 Å². The zero-order valence-electron chi connectivity index (χ0n) is 9.25. The first-order valence-corrected chi connectivity index (χ1v) is 6.49. The Balaban J connectivity index is 3.89. The Morgan fingerprint density at radius 3 is 2.64 bits per heavy atom. The summed E-state index contributed by atoms with van der Waals surface area (Å²) in [6.45, 7) is 4.10. The second kappa shape index (κ2) is 8.12. The Labute approximate surface area is 90.7 Å². The lowest BCUT2D eigenvalue weighted by Gasteiger charge is -2.19. The van der Waals surface area contributed by atoms with E-state index in [4.69, 9.17) is 5.11 Å². The van der Waals surface area contributed by atoms with Gasteiger partial charge in [-0.05, 0) is 19.6 Å². The van der Waals surface area contributed by atoms with Crippen molar-refractivity contribution in [3.63, 3.8) is 0 Å². The molecule has 0 aliphatic heterocycles. The first kappa shape index (κ1) is 13.8. The SMILES string of the molecule is CCCCC(NC(C)CSC)C(=O)O. The van der Waals surface area contributed by atoms with Crippen LogP contribution in [0.25, 0.3) is 0 Å². The largest absolute Gasteiger partial charge is 0.480 e. The molecule has 0 bridgehead atoms. The van der Waals surface area contributed by atoms with Crippen molar-refractivity contribution in [3.05, 3.63) is 0 Å². The monoisotopic (exact) mass is 219 g/mol. The van der Waals surface area contributed by atoms with E-state index < -0.39 is 5.97 Å². The van der Waals surface area contributed by atoms with E-state index in [2.05, 4.69) is 12.2 Å². The topological polar surface area (TPSA) is 49.3 Å². The molecule has 0 fully saturated rings. The average Bonchev–Trinajstić information content (AvgIpc) is 2.12. The van der Waals surface area contributed by atoms with Gasteiger partial charge in [-0.2, -0.15) is 11.8 Å². The third kappa shape index (κ3) is 6.27. The molecule has 14 heavy (non-hydrogen) atoms. The molecule has 0 aliphatic rings. The third-order valence-corrected chi connectivity index (χ3v) is 2.88. The second-order valence-corrected chi connectivity index (χ2v) is 4.47. The average molecular weight is 219 g/mol. The Bertz CT molecular complexity index is 164. The highest BCUT2D eigenvalue weighted by Crippen LogP contribution is 2.04. The fourth-order valence-corrected chi connectivity index (χ4v) is 1.92.